The standard InChI is InChI=1S/C17H16Cl3N5O/c1-10-14(20)9-25(24-10)6-2-5-21-17(26)16-8-15(22-23-16)11-3-4-12(18)13(19)7-11/h3-4,7-9H,2,5-6H2,1H3,(H,21,26)(H,22,23). The number of benzene rings is 1. The summed E-state index contributed by atoms with van der Waals surface area (Å²) in [6.45, 7) is 3.03. The zero-order valence-electron chi connectivity index (χ0n) is 13.9. The monoisotopic (exact) mass is 411 g/mol. The van der Waals surface area contributed by atoms with E-state index in [0.29, 0.717) is 39.5 Å². The van der Waals surface area contributed by atoms with Crippen molar-refractivity contribution < 1.29 is 4.79 Å². The molecule has 0 unspecified atom stereocenters. The maximum atomic E-state index is 12.2. The molecule has 0 bridgehead atoms. The van der Waals surface area contributed by atoms with Gasteiger partial charge in [0, 0.05) is 24.8 Å². The largest absolute Gasteiger partial charge is 0.351 e. The lowest BCUT2D eigenvalue weighted by atomic mass is 10.1. The minimum absolute atomic E-state index is 0.224. The third-order valence-electron chi connectivity index (χ3n) is 3.77. The van der Waals surface area contributed by atoms with Gasteiger partial charge in [0.2, 0.25) is 0 Å². The first-order valence-corrected chi connectivity index (χ1v) is 9.06. The molecule has 0 atom stereocenters. The lowest BCUT2D eigenvalue weighted by molar-refractivity contribution is 0.0947. The number of hydrogen-bond donors (Lipinski definition) is 2. The van der Waals surface area contributed by atoms with E-state index in [1.807, 2.05) is 6.92 Å². The van der Waals surface area contributed by atoms with Crippen LogP contribution in [0.15, 0.2) is 30.5 Å². The molecule has 3 rings (SSSR count). The van der Waals surface area contributed by atoms with Gasteiger partial charge >= 0.3 is 0 Å². The smallest absolute Gasteiger partial charge is 0.269 e. The Morgan fingerprint density at radius 2 is 2.00 bits per heavy atom. The van der Waals surface area contributed by atoms with Crippen LogP contribution in [0.2, 0.25) is 15.1 Å². The van der Waals surface area contributed by atoms with Crippen LogP contribution in [0.1, 0.15) is 22.6 Å². The van der Waals surface area contributed by atoms with E-state index in [-0.39, 0.29) is 5.91 Å². The Morgan fingerprint density at radius 3 is 2.69 bits per heavy atom. The van der Waals surface area contributed by atoms with E-state index in [0.717, 1.165) is 17.7 Å². The van der Waals surface area contributed by atoms with Gasteiger partial charge < -0.3 is 5.32 Å². The number of hydrogen-bond acceptors (Lipinski definition) is 3. The number of halogens is 3. The first-order valence-electron chi connectivity index (χ1n) is 7.92. The number of carbonyl (C=O) groups excluding carboxylic acids is 1. The zero-order valence-corrected chi connectivity index (χ0v) is 16.2. The summed E-state index contributed by atoms with van der Waals surface area (Å²) >= 11 is 17.9. The second kappa shape index (κ2) is 8.12. The number of aromatic nitrogens is 4. The fraction of sp³-hybridized carbons (Fsp3) is 0.235. The molecule has 1 aromatic carbocycles. The van der Waals surface area contributed by atoms with Crippen LogP contribution in [0.3, 0.4) is 0 Å². The molecule has 0 spiro atoms. The summed E-state index contributed by atoms with van der Waals surface area (Å²) < 4.78 is 1.77. The summed E-state index contributed by atoms with van der Waals surface area (Å²) in [7, 11) is 0. The van der Waals surface area contributed by atoms with Crippen molar-refractivity contribution >= 4 is 40.7 Å². The van der Waals surface area contributed by atoms with E-state index in [4.69, 9.17) is 34.8 Å². The molecule has 0 aliphatic rings. The Morgan fingerprint density at radius 1 is 1.19 bits per heavy atom. The molecule has 9 heteroatoms. The molecule has 6 nitrogen and oxygen atoms in total. The minimum Gasteiger partial charge on any atom is -0.351 e. The molecule has 26 heavy (non-hydrogen) atoms. The molecule has 0 fully saturated rings. The number of nitrogens with zero attached hydrogens (tertiary/aromatic N) is 3. The topological polar surface area (TPSA) is 75.6 Å². The van der Waals surface area contributed by atoms with Gasteiger partial charge in [-0.25, -0.2) is 0 Å². The van der Waals surface area contributed by atoms with Gasteiger partial charge in [0.1, 0.15) is 5.69 Å². The Bertz CT molecular complexity index is 915. The van der Waals surface area contributed by atoms with E-state index >= 15 is 0 Å². The number of amides is 1. The van der Waals surface area contributed by atoms with Crippen molar-refractivity contribution in [2.45, 2.75) is 19.9 Å². The van der Waals surface area contributed by atoms with E-state index in [1.165, 1.54) is 0 Å². The molecule has 1 amide bonds. The summed E-state index contributed by atoms with van der Waals surface area (Å²) in [6.07, 6.45) is 2.51. The fourth-order valence-electron chi connectivity index (χ4n) is 2.39. The van der Waals surface area contributed by atoms with E-state index in [2.05, 4.69) is 20.6 Å². The number of rotatable bonds is 6. The molecule has 0 aliphatic heterocycles. The van der Waals surface area contributed by atoms with Crippen LogP contribution >= 0.6 is 34.8 Å². The molecule has 3 aromatic rings. The molecule has 2 heterocycles. The van der Waals surface area contributed by atoms with Crippen molar-refractivity contribution in [3.63, 3.8) is 0 Å². The number of H-pyrrole nitrogens is 1. The van der Waals surface area contributed by atoms with Gasteiger partial charge in [-0.05, 0) is 31.5 Å². The van der Waals surface area contributed by atoms with Crippen LogP contribution < -0.4 is 5.32 Å². The van der Waals surface area contributed by atoms with Crippen LogP contribution in [0.4, 0.5) is 0 Å². The molecule has 2 aromatic heterocycles. The number of carbonyl (C=O) groups is 1. The van der Waals surface area contributed by atoms with Gasteiger partial charge in [-0.2, -0.15) is 10.2 Å². The molecular weight excluding hydrogens is 397 g/mol. The van der Waals surface area contributed by atoms with Crippen molar-refractivity contribution in [2.24, 2.45) is 0 Å². The molecule has 0 saturated heterocycles. The summed E-state index contributed by atoms with van der Waals surface area (Å²) in [5, 5.41) is 15.5. The van der Waals surface area contributed by atoms with E-state index in [9.17, 15) is 4.79 Å². The van der Waals surface area contributed by atoms with Gasteiger partial charge in [-0.15, -0.1) is 0 Å². The highest BCUT2D eigenvalue weighted by Gasteiger charge is 2.11. The van der Waals surface area contributed by atoms with Crippen LogP contribution in [0.5, 0.6) is 0 Å². The van der Waals surface area contributed by atoms with Crippen LogP contribution in [0, 0.1) is 6.92 Å². The van der Waals surface area contributed by atoms with Crippen molar-refractivity contribution in [1.29, 1.82) is 0 Å². The highest BCUT2D eigenvalue weighted by Crippen LogP contribution is 2.27. The van der Waals surface area contributed by atoms with Gasteiger partial charge in [0.25, 0.3) is 5.91 Å². The van der Waals surface area contributed by atoms with Crippen LogP contribution in [0.25, 0.3) is 11.3 Å². The molecule has 2 N–H and O–H groups in total. The lowest BCUT2D eigenvalue weighted by Crippen LogP contribution is -2.25. The first kappa shape index (κ1) is 18.8. The second-order valence-electron chi connectivity index (χ2n) is 5.73. The average Bonchev–Trinajstić information content (AvgIpc) is 3.21. The maximum Gasteiger partial charge on any atom is 0.269 e. The molecular formula is C17H16Cl3N5O. The van der Waals surface area contributed by atoms with E-state index in [1.54, 1.807) is 35.1 Å². The Labute approximate surface area is 165 Å². The number of aryl methyl sites for hydroxylation is 2. The van der Waals surface area contributed by atoms with Crippen molar-refractivity contribution in [1.82, 2.24) is 25.3 Å². The zero-order chi connectivity index (χ0) is 18.7. The second-order valence-corrected chi connectivity index (χ2v) is 6.95. The van der Waals surface area contributed by atoms with Crippen molar-refractivity contribution in [3.05, 3.63) is 56.9 Å². The third kappa shape index (κ3) is 4.38. The Balaban J connectivity index is 1.53. The summed E-state index contributed by atoms with van der Waals surface area (Å²) in [4.78, 5) is 12.2. The van der Waals surface area contributed by atoms with Gasteiger partial charge in [0.15, 0.2) is 0 Å². The van der Waals surface area contributed by atoms with Gasteiger partial charge in [0.05, 0.1) is 26.5 Å². The third-order valence-corrected chi connectivity index (χ3v) is 4.88. The lowest BCUT2D eigenvalue weighted by Gasteiger charge is -2.03. The summed E-state index contributed by atoms with van der Waals surface area (Å²) in [6, 6.07) is 6.87. The van der Waals surface area contributed by atoms with Crippen molar-refractivity contribution in [3.8, 4) is 11.3 Å². The van der Waals surface area contributed by atoms with Crippen molar-refractivity contribution in [2.75, 3.05) is 6.54 Å². The minimum atomic E-state index is -0.224. The molecule has 0 saturated carbocycles. The number of aromatic amines is 1. The summed E-state index contributed by atoms with van der Waals surface area (Å²) in [5.74, 6) is -0.224. The Kier molecular flexibility index (Phi) is 5.86. The normalized spacial score (nSPS) is 10.9. The SMILES string of the molecule is Cc1nn(CCCNC(=O)c2cc(-c3ccc(Cl)c(Cl)c3)n[nH]2)cc1Cl. The average molecular weight is 413 g/mol. The van der Waals surface area contributed by atoms with Gasteiger partial charge in [-0.1, -0.05) is 40.9 Å². The highest BCUT2D eigenvalue weighted by molar-refractivity contribution is 6.42. The Hall–Kier alpha value is -2.02. The predicted molar refractivity (Wildman–Crippen MR) is 103 cm³/mol. The molecule has 0 radical (unpaired) electrons. The quantitative estimate of drug-likeness (QED) is 0.591. The van der Waals surface area contributed by atoms with Crippen LogP contribution in [-0.2, 0) is 6.54 Å². The molecule has 0 aliphatic carbocycles. The fourth-order valence-corrected chi connectivity index (χ4v) is 2.84. The summed E-state index contributed by atoms with van der Waals surface area (Å²) in [5.41, 5.74) is 2.57. The molecule has 136 valence electrons. The number of nitrogens with one attached hydrogen (secondary N) is 2. The maximum absolute atomic E-state index is 12.2. The van der Waals surface area contributed by atoms with Gasteiger partial charge in [-0.3, -0.25) is 14.6 Å². The van der Waals surface area contributed by atoms with E-state index < -0.39 is 0 Å². The van der Waals surface area contributed by atoms with Crippen LogP contribution in [-0.4, -0.2) is 32.4 Å². The highest BCUT2D eigenvalue weighted by atomic mass is 35.5. The predicted octanol–water partition coefficient (Wildman–Crippen LogP) is 4.36. The first-order chi connectivity index (χ1) is 12.4.